The first kappa shape index (κ1) is 11.9. The second kappa shape index (κ2) is 4.37. The van der Waals surface area contributed by atoms with Crippen molar-refractivity contribution in [1.82, 2.24) is 5.43 Å². The molecular formula is C13H18N2O2. The molecule has 2 rings (SSSR count). The van der Waals surface area contributed by atoms with Gasteiger partial charge in [0.1, 0.15) is 0 Å². The van der Waals surface area contributed by atoms with Crippen molar-refractivity contribution in [3.8, 4) is 0 Å². The number of para-hydroxylation sites is 1. The molecule has 0 spiro atoms. The van der Waals surface area contributed by atoms with Gasteiger partial charge in [-0.15, -0.1) is 0 Å². The molecule has 1 aliphatic heterocycles. The largest absolute Gasteiger partial charge is 0.395 e. The highest BCUT2D eigenvalue weighted by Gasteiger charge is 2.27. The van der Waals surface area contributed by atoms with Gasteiger partial charge in [-0.1, -0.05) is 32.0 Å². The molecule has 0 radical (unpaired) electrons. The van der Waals surface area contributed by atoms with Crippen LogP contribution < -0.4 is 10.4 Å². The van der Waals surface area contributed by atoms with Crippen LogP contribution in [-0.2, 0) is 10.2 Å². The Morgan fingerprint density at radius 1 is 1.41 bits per heavy atom. The molecule has 1 heterocycles. The molecule has 0 aromatic heterocycles. The number of anilines is 1. The number of carbonyl (C=O) groups is 1. The number of nitrogens with one attached hydrogen (secondary N) is 1. The minimum Gasteiger partial charge on any atom is -0.395 e. The van der Waals surface area contributed by atoms with Gasteiger partial charge in [-0.25, -0.2) is 0 Å². The third kappa shape index (κ3) is 2.26. The molecule has 92 valence electrons. The molecule has 1 aromatic rings. The predicted octanol–water partition coefficient (Wildman–Crippen LogP) is 1.20. The van der Waals surface area contributed by atoms with E-state index in [0.717, 1.165) is 11.3 Å². The monoisotopic (exact) mass is 234 g/mol. The van der Waals surface area contributed by atoms with Crippen molar-refractivity contribution >= 4 is 11.6 Å². The van der Waals surface area contributed by atoms with Gasteiger partial charge in [0.05, 0.1) is 12.3 Å². The van der Waals surface area contributed by atoms with Crippen LogP contribution in [0, 0.1) is 0 Å². The van der Waals surface area contributed by atoms with E-state index in [1.807, 2.05) is 43.1 Å². The van der Waals surface area contributed by atoms with E-state index in [1.54, 1.807) is 0 Å². The van der Waals surface area contributed by atoms with E-state index in [-0.39, 0.29) is 17.9 Å². The summed E-state index contributed by atoms with van der Waals surface area (Å²) in [6.07, 6.45) is 0.522. The number of hydrogen-bond acceptors (Lipinski definition) is 3. The summed E-state index contributed by atoms with van der Waals surface area (Å²) in [6, 6.07) is 7.86. The highest BCUT2D eigenvalue weighted by Crippen LogP contribution is 2.32. The standard InChI is InChI=1S/C13H18N2O2/c1-13(2,9-16)10-5-3-4-6-11(10)15-8-7-12(17)14-15/h3-6,16H,7-9H2,1-2H3,(H,14,17). The number of aliphatic hydroxyl groups is 1. The highest BCUT2D eigenvalue weighted by molar-refractivity contribution is 5.82. The van der Waals surface area contributed by atoms with Gasteiger partial charge in [-0.3, -0.25) is 15.2 Å². The maximum atomic E-state index is 11.3. The van der Waals surface area contributed by atoms with Crippen molar-refractivity contribution in [2.24, 2.45) is 0 Å². The Bertz CT molecular complexity index is 429. The molecule has 1 fully saturated rings. The van der Waals surface area contributed by atoms with Gasteiger partial charge in [0.25, 0.3) is 0 Å². The zero-order valence-electron chi connectivity index (χ0n) is 10.2. The molecule has 4 heteroatoms. The molecule has 0 aliphatic carbocycles. The normalized spacial score (nSPS) is 16.2. The summed E-state index contributed by atoms with van der Waals surface area (Å²) in [5.41, 5.74) is 4.52. The van der Waals surface area contributed by atoms with Crippen molar-refractivity contribution in [2.75, 3.05) is 18.2 Å². The van der Waals surface area contributed by atoms with Gasteiger partial charge >= 0.3 is 0 Å². The summed E-state index contributed by atoms with van der Waals surface area (Å²) in [6.45, 7) is 4.73. The number of amides is 1. The van der Waals surface area contributed by atoms with Crippen molar-refractivity contribution in [3.05, 3.63) is 29.8 Å². The number of rotatable bonds is 3. The molecule has 0 saturated carbocycles. The summed E-state index contributed by atoms with van der Waals surface area (Å²) < 4.78 is 0. The van der Waals surface area contributed by atoms with E-state index >= 15 is 0 Å². The first-order valence-corrected chi connectivity index (χ1v) is 5.82. The molecule has 4 nitrogen and oxygen atoms in total. The molecule has 1 amide bonds. The third-order valence-electron chi connectivity index (χ3n) is 3.14. The average molecular weight is 234 g/mol. The Morgan fingerprint density at radius 2 is 2.12 bits per heavy atom. The van der Waals surface area contributed by atoms with Crippen LogP contribution in [0.2, 0.25) is 0 Å². The number of hydrogen-bond donors (Lipinski definition) is 2. The van der Waals surface area contributed by atoms with Crippen LogP contribution in [0.4, 0.5) is 5.69 Å². The van der Waals surface area contributed by atoms with Gasteiger partial charge in [0.15, 0.2) is 0 Å². The number of carbonyl (C=O) groups excluding carboxylic acids is 1. The van der Waals surface area contributed by atoms with E-state index in [4.69, 9.17) is 0 Å². The van der Waals surface area contributed by atoms with Crippen LogP contribution in [0.15, 0.2) is 24.3 Å². The van der Waals surface area contributed by atoms with Crippen LogP contribution in [0.25, 0.3) is 0 Å². The molecule has 0 unspecified atom stereocenters. The molecule has 17 heavy (non-hydrogen) atoms. The Labute approximate surface area is 101 Å². The lowest BCUT2D eigenvalue weighted by atomic mass is 9.84. The Morgan fingerprint density at radius 3 is 2.71 bits per heavy atom. The average Bonchev–Trinajstić information content (AvgIpc) is 2.76. The minimum atomic E-state index is -0.316. The zero-order chi connectivity index (χ0) is 12.5. The molecule has 0 atom stereocenters. The number of aliphatic hydroxyl groups excluding tert-OH is 1. The first-order valence-electron chi connectivity index (χ1n) is 5.82. The second-order valence-electron chi connectivity index (χ2n) is 5.00. The predicted molar refractivity (Wildman–Crippen MR) is 66.7 cm³/mol. The van der Waals surface area contributed by atoms with Crippen LogP contribution in [0.5, 0.6) is 0 Å². The third-order valence-corrected chi connectivity index (χ3v) is 3.14. The van der Waals surface area contributed by atoms with Gasteiger partial charge < -0.3 is 5.11 Å². The second-order valence-corrected chi connectivity index (χ2v) is 5.00. The lowest BCUT2D eigenvalue weighted by molar-refractivity contribution is -0.119. The summed E-state index contributed by atoms with van der Waals surface area (Å²) in [4.78, 5) is 11.3. The van der Waals surface area contributed by atoms with Gasteiger partial charge in [-0.05, 0) is 11.6 Å². The number of benzene rings is 1. The zero-order valence-corrected chi connectivity index (χ0v) is 10.2. The van der Waals surface area contributed by atoms with Crippen molar-refractivity contribution < 1.29 is 9.90 Å². The summed E-state index contributed by atoms with van der Waals surface area (Å²) in [5, 5.41) is 11.3. The lowest BCUT2D eigenvalue weighted by Gasteiger charge is -2.29. The van der Waals surface area contributed by atoms with Crippen LogP contribution in [-0.4, -0.2) is 24.2 Å². The van der Waals surface area contributed by atoms with Crippen LogP contribution >= 0.6 is 0 Å². The Balaban J connectivity index is 2.37. The summed E-state index contributed by atoms with van der Waals surface area (Å²) >= 11 is 0. The van der Waals surface area contributed by atoms with Crippen molar-refractivity contribution in [2.45, 2.75) is 25.7 Å². The Hall–Kier alpha value is -1.55. The maximum absolute atomic E-state index is 11.3. The fourth-order valence-corrected chi connectivity index (χ4v) is 2.02. The van der Waals surface area contributed by atoms with Gasteiger partial charge in [-0.2, -0.15) is 0 Å². The summed E-state index contributed by atoms with van der Waals surface area (Å²) in [5.74, 6) is 0.0432. The topological polar surface area (TPSA) is 52.6 Å². The minimum absolute atomic E-state index is 0.0432. The molecule has 0 bridgehead atoms. The molecule has 1 aromatic carbocycles. The van der Waals surface area contributed by atoms with Crippen molar-refractivity contribution in [1.29, 1.82) is 0 Å². The van der Waals surface area contributed by atoms with Crippen LogP contribution in [0.1, 0.15) is 25.8 Å². The fraction of sp³-hybridized carbons (Fsp3) is 0.462. The smallest absolute Gasteiger partial charge is 0.240 e. The highest BCUT2D eigenvalue weighted by atomic mass is 16.3. The van der Waals surface area contributed by atoms with E-state index in [9.17, 15) is 9.90 Å². The van der Waals surface area contributed by atoms with Gasteiger partial charge in [0.2, 0.25) is 5.91 Å². The SMILES string of the molecule is CC(C)(CO)c1ccccc1N1CCC(=O)N1. The lowest BCUT2D eigenvalue weighted by Crippen LogP contribution is -2.35. The number of nitrogens with zero attached hydrogens (tertiary/aromatic N) is 1. The molecule has 1 saturated heterocycles. The van der Waals surface area contributed by atoms with E-state index in [1.165, 1.54) is 0 Å². The molecule has 2 N–H and O–H groups in total. The van der Waals surface area contributed by atoms with E-state index in [2.05, 4.69) is 5.43 Å². The summed E-state index contributed by atoms with van der Waals surface area (Å²) in [7, 11) is 0. The quantitative estimate of drug-likeness (QED) is 0.826. The van der Waals surface area contributed by atoms with Crippen LogP contribution in [0.3, 0.4) is 0 Å². The molecular weight excluding hydrogens is 216 g/mol. The van der Waals surface area contributed by atoms with Crippen molar-refractivity contribution in [3.63, 3.8) is 0 Å². The molecule has 1 aliphatic rings. The maximum Gasteiger partial charge on any atom is 0.240 e. The Kier molecular flexibility index (Phi) is 3.07. The van der Waals surface area contributed by atoms with E-state index < -0.39 is 0 Å². The van der Waals surface area contributed by atoms with Gasteiger partial charge in [0, 0.05) is 18.4 Å². The first-order chi connectivity index (χ1) is 8.04. The van der Waals surface area contributed by atoms with E-state index in [0.29, 0.717) is 13.0 Å². The number of hydrazine groups is 1. The fourth-order valence-electron chi connectivity index (χ4n) is 2.02.